The van der Waals surface area contributed by atoms with Crippen LogP contribution in [0.15, 0.2) is 30.3 Å². The fourth-order valence-corrected chi connectivity index (χ4v) is 2.56. The van der Waals surface area contributed by atoms with Crippen molar-refractivity contribution in [3.8, 4) is 0 Å². The quantitative estimate of drug-likeness (QED) is 0.816. The van der Waals surface area contributed by atoms with Gasteiger partial charge in [0.05, 0.1) is 13.5 Å². The van der Waals surface area contributed by atoms with Crippen molar-refractivity contribution in [2.75, 3.05) is 7.11 Å². The van der Waals surface area contributed by atoms with Gasteiger partial charge in [-0.15, -0.1) is 0 Å². The number of carbonyl (C=O) groups is 1. The van der Waals surface area contributed by atoms with E-state index in [0.29, 0.717) is 6.42 Å². The maximum Gasteiger partial charge on any atom is 0.306 e. The summed E-state index contributed by atoms with van der Waals surface area (Å²) >= 11 is 0. The van der Waals surface area contributed by atoms with Crippen molar-refractivity contribution in [1.29, 1.82) is 0 Å². The zero-order valence-corrected chi connectivity index (χ0v) is 11.7. The first-order valence-corrected chi connectivity index (χ1v) is 6.28. The van der Waals surface area contributed by atoms with E-state index < -0.39 is 11.0 Å². The second kappa shape index (κ2) is 5.53. The van der Waals surface area contributed by atoms with Gasteiger partial charge in [0.15, 0.2) is 0 Å². The standard InChI is InChI=1S/C15H23NO2/c1-5-15(14(2,3)16,11-13(17)18-4)12-9-7-6-8-10-12/h6-10H,5,11,16H2,1-4H3. The van der Waals surface area contributed by atoms with Crippen molar-refractivity contribution >= 4 is 5.97 Å². The summed E-state index contributed by atoms with van der Waals surface area (Å²) in [7, 11) is 1.41. The van der Waals surface area contributed by atoms with Crippen LogP contribution in [0.4, 0.5) is 0 Å². The largest absolute Gasteiger partial charge is 0.469 e. The van der Waals surface area contributed by atoms with Crippen LogP contribution >= 0.6 is 0 Å². The molecule has 100 valence electrons. The van der Waals surface area contributed by atoms with Crippen molar-refractivity contribution in [3.63, 3.8) is 0 Å². The smallest absolute Gasteiger partial charge is 0.306 e. The summed E-state index contributed by atoms with van der Waals surface area (Å²) in [4.78, 5) is 11.7. The van der Waals surface area contributed by atoms with Crippen LogP contribution in [0.1, 0.15) is 39.2 Å². The van der Waals surface area contributed by atoms with Crippen molar-refractivity contribution in [3.05, 3.63) is 35.9 Å². The van der Waals surface area contributed by atoms with E-state index in [4.69, 9.17) is 10.5 Å². The van der Waals surface area contributed by atoms with Crippen LogP contribution in [-0.2, 0) is 14.9 Å². The lowest BCUT2D eigenvalue weighted by molar-refractivity contribution is -0.143. The van der Waals surface area contributed by atoms with E-state index in [1.165, 1.54) is 7.11 Å². The Hall–Kier alpha value is -1.35. The number of esters is 1. The van der Waals surface area contributed by atoms with E-state index in [0.717, 1.165) is 12.0 Å². The van der Waals surface area contributed by atoms with Crippen LogP contribution in [-0.4, -0.2) is 18.6 Å². The minimum atomic E-state index is -0.503. The summed E-state index contributed by atoms with van der Waals surface area (Å²) in [5.41, 5.74) is 6.54. The summed E-state index contributed by atoms with van der Waals surface area (Å²) < 4.78 is 4.83. The molecule has 0 aliphatic heterocycles. The molecule has 0 heterocycles. The van der Waals surface area contributed by atoms with Gasteiger partial charge in [0.1, 0.15) is 0 Å². The van der Waals surface area contributed by atoms with Crippen molar-refractivity contribution < 1.29 is 9.53 Å². The first-order valence-electron chi connectivity index (χ1n) is 6.28. The molecule has 1 aromatic carbocycles. The molecule has 1 aromatic rings. The Kier molecular flexibility index (Phi) is 4.52. The molecular weight excluding hydrogens is 226 g/mol. The van der Waals surface area contributed by atoms with Gasteiger partial charge in [0.25, 0.3) is 0 Å². The molecule has 1 rings (SSSR count). The number of nitrogens with two attached hydrogens (primary N) is 1. The molecule has 1 unspecified atom stereocenters. The predicted octanol–water partition coefficient (Wildman–Crippen LogP) is 2.63. The molecule has 0 aliphatic carbocycles. The normalized spacial score (nSPS) is 14.9. The Morgan fingerprint density at radius 3 is 2.22 bits per heavy atom. The Balaban J connectivity index is 3.28. The maximum atomic E-state index is 11.7. The van der Waals surface area contributed by atoms with Gasteiger partial charge in [-0.25, -0.2) is 0 Å². The van der Waals surface area contributed by atoms with Gasteiger partial charge < -0.3 is 10.5 Å². The lowest BCUT2D eigenvalue weighted by Gasteiger charge is -2.44. The molecular formula is C15H23NO2. The summed E-state index contributed by atoms with van der Waals surface area (Å²) in [6, 6.07) is 9.97. The first-order chi connectivity index (χ1) is 8.37. The number of benzene rings is 1. The Morgan fingerprint density at radius 1 is 1.28 bits per heavy atom. The Labute approximate surface area is 109 Å². The number of ether oxygens (including phenoxy) is 1. The number of hydrogen-bond acceptors (Lipinski definition) is 3. The summed E-state index contributed by atoms with van der Waals surface area (Å²) in [5.74, 6) is -0.223. The fraction of sp³-hybridized carbons (Fsp3) is 0.533. The molecule has 2 N–H and O–H groups in total. The maximum absolute atomic E-state index is 11.7. The predicted molar refractivity (Wildman–Crippen MR) is 73.3 cm³/mol. The fourth-order valence-electron chi connectivity index (χ4n) is 2.56. The van der Waals surface area contributed by atoms with E-state index >= 15 is 0 Å². The van der Waals surface area contributed by atoms with Gasteiger partial charge in [-0.1, -0.05) is 37.3 Å². The van der Waals surface area contributed by atoms with Gasteiger partial charge in [0, 0.05) is 11.0 Å². The highest BCUT2D eigenvalue weighted by atomic mass is 16.5. The average molecular weight is 249 g/mol. The van der Waals surface area contributed by atoms with Crippen molar-refractivity contribution in [2.45, 2.75) is 44.6 Å². The molecule has 0 spiro atoms. The second-order valence-electron chi connectivity index (χ2n) is 5.28. The van der Waals surface area contributed by atoms with Crippen LogP contribution in [0.25, 0.3) is 0 Å². The van der Waals surface area contributed by atoms with Gasteiger partial charge in [0.2, 0.25) is 0 Å². The molecule has 0 aliphatic rings. The van der Waals surface area contributed by atoms with Crippen molar-refractivity contribution in [2.24, 2.45) is 5.73 Å². The lowest BCUT2D eigenvalue weighted by atomic mass is 9.63. The average Bonchev–Trinajstić information content (AvgIpc) is 2.35. The highest BCUT2D eigenvalue weighted by Crippen LogP contribution is 2.40. The molecule has 0 fully saturated rings. The van der Waals surface area contributed by atoms with Crippen LogP contribution in [0.5, 0.6) is 0 Å². The number of rotatable bonds is 5. The summed E-state index contributed by atoms with van der Waals surface area (Å²) in [5, 5.41) is 0. The second-order valence-corrected chi connectivity index (χ2v) is 5.28. The molecule has 0 aromatic heterocycles. The summed E-state index contributed by atoms with van der Waals surface area (Å²) in [6.07, 6.45) is 1.09. The molecule has 0 bridgehead atoms. The SMILES string of the molecule is CCC(CC(=O)OC)(c1ccccc1)C(C)(C)N. The zero-order valence-electron chi connectivity index (χ0n) is 11.7. The van der Waals surface area contributed by atoms with Gasteiger partial charge in [-0.2, -0.15) is 0 Å². The minimum absolute atomic E-state index is 0.223. The van der Waals surface area contributed by atoms with Gasteiger partial charge >= 0.3 is 5.97 Å². The van der Waals surface area contributed by atoms with Gasteiger partial charge in [-0.3, -0.25) is 4.79 Å². The van der Waals surface area contributed by atoms with E-state index in [-0.39, 0.29) is 5.97 Å². The third kappa shape index (κ3) is 2.72. The highest BCUT2D eigenvalue weighted by molar-refractivity contribution is 5.71. The number of carbonyl (C=O) groups excluding carboxylic acids is 1. The lowest BCUT2D eigenvalue weighted by Crippen LogP contribution is -2.54. The van der Waals surface area contributed by atoms with Crippen LogP contribution in [0.3, 0.4) is 0 Å². The Morgan fingerprint density at radius 2 is 1.83 bits per heavy atom. The van der Waals surface area contributed by atoms with E-state index in [2.05, 4.69) is 6.92 Å². The molecule has 3 heteroatoms. The van der Waals surface area contributed by atoms with E-state index in [1.54, 1.807) is 0 Å². The number of methoxy groups -OCH3 is 1. The van der Waals surface area contributed by atoms with Crippen LogP contribution < -0.4 is 5.73 Å². The van der Waals surface area contributed by atoms with Crippen LogP contribution in [0, 0.1) is 0 Å². The number of hydrogen-bond donors (Lipinski definition) is 1. The van der Waals surface area contributed by atoms with E-state index in [1.807, 2.05) is 44.2 Å². The molecule has 1 atom stereocenters. The topological polar surface area (TPSA) is 52.3 Å². The van der Waals surface area contributed by atoms with Crippen LogP contribution in [0.2, 0.25) is 0 Å². The monoisotopic (exact) mass is 249 g/mol. The molecule has 0 saturated carbocycles. The molecule has 3 nitrogen and oxygen atoms in total. The van der Waals surface area contributed by atoms with Gasteiger partial charge in [-0.05, 0) is 25.8 Å². The van der Waals surface area contributed by atoms with Crippen molar-refractivity contribution in [1.82, 2.24) is 0 Å². The molecule has 0 amide bonds. The molecule has 18 heavy (non-hydrogen) atoms. The Bertz CT molecular complexity index is 395. The minimum Gasteiger partial charge on any atom is -0.469 e. The zero-order chi connectivity index (χ0) is 13.8. The molecule has 0 saturated heterocycles. The third-order valence-electron chi connectivity index (χ3n) is 3.84. The summed E-state index contributed by atoms with van der Waals surface area (Å²) in [6.45, 7) is 5.99. The third-order valence-corrected chi connectivity index (χ3v) is 3.84. The molecule has 0 radical (unpaired) electrons. The highest BCUT2D eigenvalue weighted by Gasteiger charge is 2.44. The first kappa shape index (κ1) is 14.7. The van der Waals surface area contributed by atoms with E-state index in [9.17, 15) is 4.79 Å².